The van der Waals surface area contributed by atoms with Gasteiger partial charge in [-0.2, -0.15) is 0 Å². The van der Waals surface area contributed by atoms with Crippen LogP contribution in [0.5, 0.6) is 0 Å². The number of benzene rings is 3. The first kappa shape index (κ1) is 16.7. The molecule has 0 unspecified atom stereocenters. The molecule has 0 heterocycles. The summed E-state index contributed by atoms with van der Waals surface area (Å²) in [5.74, 6) is 0. The molecule has 0 fully saturated rings. The molecule has 0 bridgehead atoms. The standard InChI is InChI=1S/C24H26N2/c1-18-6-4-9-23(16-18)26(22-14-12-21(13-15-22)25(2)3)24-11-10-19-7-5-8-20(19)17-24/h4,6,9-17H,5,7-8H2,1-3H3. The van der Waals surface area contributed by atoms with E-state index in [4.69, 9.17) is 0 Å². The van der Waals surface area contributed by atoms with Gasteiger partial charge in [0, 0.05) is 36.8 Å². The fourth-order valence-electron chi connectivity index (χ4n) is 3.81. The first-order valence-electron chi connectivity index (χ1n) is 9.38. The van der Waals surface area contributed by atoms with Crippen molar-refractivity contribution in [1.82, 2.24) is 0 Å². The summed E-state index contributed by atoms with van der Waals surface area (Å²) in [6.45, 7) is 2.15. The van der Waals surface area contributed by atoms with E-state index in [1.807, 2.05) is 0 Å². The predicted molar refractivity (Wildman–Crippen MR) is 112 cm³/mol. The molecule has 0 spiro atoms. The van der Waals surface area contributed by atoms with E-state index in [9.17, 15) is 0 Å². The van der Waals surface area contributed by atoms with Crippen LogP contribution in [0.2, 0.25) is 0 Å². The highest BCUT2D eigenvalue weighted by Gasteiger charge is 2.17. The van der Waals surface area contributed by atoms with Gasteiger partial charge >= 0.3 is 0 Å². The van der Waals surface area contributed by atoms with Crippen LogP contribution in [0.15, 0.2) is 66.7 Å². The highest BCUT2D eigenvalue weighted by molar-refractivity contribution is 5.78. The third-order valence-electron chi connectivity index (χ3n) is 5.22. The first-order chi connectivity index (χ1) is 12.6. The summed E-state index contributed by atoms with van der Waals surface area (Å²) in [5.41, 5.74) is 9.16. The maximum atomic E-state index is 2.38. The van der Waals surface area contributed by atoms with Crippen molar-refractivity contribution >= 4 is 22.7 Å². The van der Waals surface area contributed by atoms with Crippen LogP contribution >= 0.6 is 0 Å². The normalized spacial score (nSPS) is 12.7. The summed E-state index contributed by atoms with van der Waals surface area (Å²) in [6.07, 6.45) is 3.70. The van der Waals surface area contributed by atoms with Crippen LogP contribution in [0.25, 0.3) is 0 Å². The van der Waals surface area contributed by atoms with Crippen molar-refractivity contribution < 1.29 is 0 Å². The third kappa shape index (κ3) is 3.20. The Kier molecular flexibility index (Phi) is 4.42. The van der Waals surface area contributed by atoms with Crippen molar-refractivity contribution in [1.29, 1.82) is 0 Å². The summed E-state index contributed by atoms with van der Waals surface area (Å²) in [7, 11) is 4.15. The van der Waals surface area contributed by atoms with E-state index in [0.29, 0.717) is 0 Å². The number of nitrogens with zero attached hydrogens (tertiary/aromatic N) is 2. The fraction of sp³-hybridized carbons (Fsp3) is 0.250. The van der Waals surface area contributed by atoms with Gasteiger partial charge in [0.1, 0.15) is 0 Å². The van der Waals surface area contributed by atoms with Crippen LogP contribution in [0, 0.1) is 6.92 Å². The highest BCUT2D eigenvalue weighted by Crippen LogP contribution is 2.37. The van der Waals surface area contributed by atoms with Gasteiger partial charge in [-0.1, -0.05) is 18.2 Å². The summed E-state index contributed by atoms with van der Waals surface area (Å²) in [4.78, 5) is 4.50. The number of rotatable bonds is 4. The Morgan fingerprint density at radius 2 is 1.31 bits per heavy atom. The third-order valence-corrected chi connectivity index (χ3v) is 5.22. The predicted octanol–water partition coefficient (Wildman–Crippen LogP) is 6.02. The molecule has 4 rings (SSSR count). The van der Waals surface area contributed by atoms with Crippen molar-refractivity contribution in [2.24, 2.45) is 0 Å². The molecule has 132 valence electrons. The van der Waals surface area contributed by atoms with Gasteiger partial charge in [-0.05, 0) is 91.4 Å². The van der Waals surface area contributed by atoms with E-state index in [0.717, 1.165) is 0 Å². The van der Waals surface area contributed by atoms with Gasteiger partial charge in [0.05, 0.1) is 0 Å². The Bertz CT molecular complexity index is 910. The molecular weight excluding hydrogens is 316 g/mol. The maximum absolute atomic E-state index is 2.38. The Hall–Kier alpha value is -2.74. The Balaban J connectivity index is 1.81. The second-order valence-electron chi connectivity index (χ2n) is 7.39. The van der Waals surface area contributed by atoms with E-state index in [-0.39, 0.29) is 0 Å². The van der Waals surface area contributed by atoms with Crippen LogP contribution in [0.4, 0.5) is 22.7 Å². The summed E-state index contributed by atoms with van der Waals surface area (Å²) in [5, 5.41) is 0. The molecule has 2 heteroatoms. The lowest BCUT2D eigenvalue weighted by Crippen LogP contribution is -2.12. The zero-order valence-corrected chi connectivity index (χ0v) is 15.9. The molecule has 2 nitrogen and oxygen atoms in total. The second-order valence-corrected chi connectivity index (χ2v) is 7.39. The van der Waals surface area contributed by atoms with E-state index < -0.39 is 0 Å². The molecule has 0 atom stereocenters. The van der Waals surface area contributed by atoms with Gasteiger partial charge in [-0.3, -0.25) is 0 Å². The maximum Gasteiger partial charge on any atom is 0.0464 e. The monoisotopic (exact) mass is 342 g/mol. The molecule has 0 aromatic heterocycles. The molecule has 1 aliphatic rings. The van der Waals surface area contributed by atoms with Gasteiger partial charge in [-0.25, -0.2) is 0 Å². The Morgan fingerprint density at radius 3 is 2.04 bits per heavy atom. The average Bonchev–Trinajstić information content (AvgIpc) is 3.10. The van der Waals surface area contributed by atoms with E-state index >= 15 is 0 Å². The van der Waals surface area contributed by atoms with Crippen molar-refractivity contribution in [3.05, 3.63) is 83.4 Å². The van der Waals surface area contributed by atoms with Gasteiger partial charge in [0.25, 0.3) is 0 Å². The smallest absolute Gasteiger partial charge is 0.0464 e. The number of anilines is 4. The molecule has 0 amide bonds. The lowest BCUT2D eigenvalue weighted by atomic mass is 10.1. The van der Waals surface area contributed by atoms with Crippen LogP contribution in [-0.2, 0) is 12.8 Å². The van der Waals surface area contributed by atoms with Gasteiger partial charge in [0.2, 0.25) is 0 Å². The second kappa shape index (κ2) is 6.87. The highest BCUT2D eigenvalue weighted by atomic mass is 15.1. The van der Waals surface area contributed by atoms with Crippen molar-refractivity contribution in [2.45, 2.75) is 26.2 Å². The van der Waals surface area contributed by atoms with Crippen molar-refractivity contribution in [2.75, 3.05) is 23.9 Å². The number of fused-ring (bicyclic) bond motifs is 1. The molecular formula is C24H26N2. The average molecular weight is 342 g/mol. The Morgan fingerprint density at radius 1 is 0.654 bits per heavy atom. The summed E-state index contributed by atoms with van der Waals surface area (Å²) in [6, 6.07) is 24.5. The van der Waals surface area contributed by atoms with Crippen LogP contribution < -0.4 is 9.80 Å². The molecule has 0 saturated heterocycles. The van der Waals surface area contributed by atoms with E-state index in [2.05, 4.69) is 97.5 Å². The molecule has 3 aromatic rings. The quantitative estimate of drug-likeness (QED) is 0.572. The molecule has 0 saturated carbocycles. The fourth-order valence-corrected chi connectivity index (χ4v) is 3.81. The number of hydrogen-bond donors (Lipinski definition) is 0. The van der Waals surface area contributed by atoms with Gasteiger partial charge < -0.3 is 9.80 Å². The summed E-state index contributed by atoms with van der Waals surface area (Å²) < 4.78 is 0. The van der Waals surface area contributed by atoms with Crippen LogP contribution in [0.1, 0.15) is 23.1 Å². The minimum Gasteiger partial charge on any atom is -0.378 e. The zero-order valence-electron chi connectivity index (χ0n) is 15.9. The SMILES string of the molecule is Cc1cccc(N(c2ccc(N(C)C)cc2)c2ccc3c(c2)CCC3)c1. The zero-order chi connectivity index (χ0) is 18.1. The summed E-state index contributed by atoms with van der Waals surface area (Å²) >= 11 is 0. The minimum absolute atomic E-state index is 1.19. The van der Waals surface area contributed by atoms with Crippen molar-refractivity contribution in [3.63, 3.8) is 0 Å². The number of aryl methyl sites for hydroxylation is 3. The molecule has 0 aliphatic heterocycles. The minimum atomic E-state index is 1.19. The largest absolute Gasteiger partial charge is 0.378 e. The molecule has 0 N–H and O–H groups in total. The van der Waals surface area contributed by atoms with Crippen LogP contribution in [0.3, 0.4) is 0 Å². The van der Waals surface area contributed by atoms with Crippen molar-refractivity contribution in [3.8, 4) is 0 Å². The molecule has 26 heavy (non-hydrogen) atoms. The van der Waals surface area contributed by atoms with Crippen LogP contribution in [-0.4, -0.2) is 14.1 Å². The molecule has 1 aliphatic carbocycles. The number of hydrogen-bond acceptors (Lipinski definition) is 2. The van der Waals surface area contributed by atoms with E-state index in [1.54, 1.807) is 0 Å². The lowest BCUT2D eigenvalue weighted by molar-refractivity contribution is 0.912. The van der Waals surface area contributed by atoms with Gasteiger partial charge in [0.15, 0.2) is 0 Å². The molecule has 0 radical (unpaired) electrons. The Labute approximate surface area is 156 Å². The first-order valence-corrected chi connectivity index (χ1v) is 9.38. The van der Waals surface area contributed by atoms with Gasteiger partial charge in [-0.15, -0.1) is 0 Å². The topological polar surface area (TPSA) is 6.48 Å². The molecule has 3 aromatic carbocycles. The van der Waals surface area contributed by atoms with E-state index in [1.165, 1.54) is 58.7 Å². The lowest BCUT2D eigenvalue weighted by Gasteiger charge is -2.27.